The maximum absolute atomic E-state index is 12.5. The van der Waals surface area contributed by atoms with E-state index in [1.807, 2.05) is 39.1 Å². The Morgan fingerprint density at radius 3 is 2.87 bits per heavy atom. The number of aromatic nitrogens is 2. The fourth-order valence-electron chi connectivity index (χ4n) is 2.69. The van der Waals surface area contributed by atoms with E-state index in [9.17, 15) is 4.79 Å². The number of fused-ring (bicyclic) bond motifs is 1. The summed E-state index contributed by atoms with van der Waals surface area (Å²) < 4.78 is 7.37. The number of nitrogens with zero attached hydrogens (tertiary/aromatic N) is 2. The van der Waals surface area contributed by atoms with Crippen molar-refractivity contribution in [2.75, 3.05) is 18.5 Å². The van der Waals surface area contributed by atoms with Crippen molar-refractivity contribution >= 4 is 24.0 Å². The maximum atomic E-state index is 12.5. The van der Waals surface area contributed by atoms with Crippen LogP contribution in [0, 0.1) is 13.8 Å². The third kappa shape index (κ3) is 3.48. The Labute approximate surface area is 141 Å². The second-order valence-electron chi connectivity index (χ2n) is 5.47. The van der Waals surface area contributed by atoms with E-state index in [1.54, 1.807) is 4.68 Å². The second-order valence-corrected chi connectivity index (χ2v) is 5.47. The topological polar surface area (TPSA) is 68.2 Å². The first-order valence-corrected chi connectivity index (χ1v) is 7.34. The summed E-state index contributed by atoms with van der Waals surface area (Å²) in [6.45, 7) is 5.96. The number of nitrogens with one attached hydrogen (secondary N) is 2. The van der Waals surface area contributed by atoms with Gasteiger partial charge in [0.25, 0.3) is 5.91 Å². The lowest BCUT2D eigenvalue weighted by Crippen LogP contribution is -2.16. The highest BCUT2D eigenvalue weighted by molar-refractivity contribution is 6.05. The molecule has 2 aromatic rings. The van der Waals surface area contributed by atoms with Crippen molar-refractivity contribution in [3.8, 4) is 5.75 Å². The van der Waals surface area contributed by atoms with Crippen molar-refractivity contribution in [1.29, 1.82) is 0 Å². The van der Waals surface area contributed by atoms with Crippen LogP contribution in [0.2, 0.25) is 0 Å². The van der Waals surface area contributed by atoms with E-state index in [4.69, 9.17) is 4.74 Å². The van der Waals surface area contributed by atoms with Crippen molar-refractivity contribution in [2.24, 2.45) is 7.05 Å². The lowest BCUT2D eigenvalue weighted by molar-refractivity contribution is 0.102. The Kier molecular flexibility index (Phi) is 5.28. The van der Waals surface area contributed by atoms with Gasteiger partial charge in [-0.3, -0.25) is 9.48 Å². The van der Waals surface area contributed by atoms with Crippen LogP contribution in [0.15, 0.2) is 18.2 Å². The van der Waals surface area contributed by atoms with Crippen LogP contribution in [0.3, 0.4) is 0 Å². The predicted octanol–water partition coefficient (Wildman–Crippen LogP) is 2.19. The number of carbonyl (C=O) groups is 1. The Morgan fingerprint density at radius 1 is 1.39 bits per heavy atom. The van der Waals surface area contributed by atoms with Crippen LogP contribution in [0.25, 0.3) is 0 Å². The van der Waals surface area contributed by atoms with Gasteiger partial charge in [-0.05, 0) is 32.0 Å². The molecular formula is C16H21ClN4O2. The van der Waals surface area contributed by atoms with Gasteiger partial charge >= 0.3 is 0 Å². The number of ether oxygens (including phenoxy) is 1. The molecule has 0 aliphatic carbocycles. The van der Waals surface area contributed by atoms with Gasteiger partial charge in [-0.15, -0.1) is 12.4 Å². The van der Waals surface area contributed by atoms with E-state index in [0.717, 1.165) is 41.5 Å². The number of carbonyl (C=O) groups excluding carboxylic acids is 1. The summed E-state index contributed by atoms with van der Waals surface area (Å²) in [6.07, 6.45) is 0. The van der Waals surface area contributed by atoms with Gasteiger partial charge in [0.15, 0.2) is 0 Å². The third-order valence-corrected chi connectivity index (χ3v) is 3.91. The Morgan fingerprint density at radius 2 is 2.17 bits per heavy atom. The normalized spacial score (nSPS) is 13.3. The highest BCUT2D eigenvalue weighted by Crippen LogP contribution is 2.25. The van der Waals surface area contributed by atoms with Crippen LogP contribution >= 0.6 is 12.4 Å². The zero-order chi connectivity index (χ0) is 15.7. The molecule has 6 nitrogen and oxygen atoms in total. The standard InChI is InChI=1S/C16H20N4O2.ClH/c1-10-15(11(2)20(3)19-10)16(21)18-13-4-5-14-12(8-13)9-17-6-7-22-14;/h4-5,8,17H,6-7,9H2,1-3H3,(H,18,21);1H. The molecule has 2 N–H and O–H groups in total. The first-order valence-electron chi connectivity index (χ1n) is 7.34. The van der Waals surface area contributed by atoms with Crippen molar-refractivity contribution in [3.05, 3.63) is 40.7 Å². The summed E-state index contributed by atoms with van der Waals surface area (Å²) in [7, 11) is 1.84. The molecule has 1 aliphatic heterocycles. The summed E-state index contributed by atoms with van der Waals surface area (Å²) in [5.74, 6) is 0.738. The van der Waals surface area contributed by atoms with Gasteiger partial charge in [-0.25, -0.2) is 0 Å². The molecular weight excluding hydrogens is 316 g/mol. The van der Waals surface area contributed by atoms with Crippen molar-refractivity contribution in [3.63, 3.8) is 0 Å². The number of aryl methyl sites for hydroxylation is 2. The zero-order valence-electron chi connectivity index (χ0n) is 13.5. The van der Waals surface area contributed by atoms with Crippen molar-refractivity contribution in [2.45, 2.75) is 20.4 Å². The van der Waals surface area contributed by atoms with Crippen LogP contribution in [0.5, 0.6) is 5.75 Å². The van der Waals surface area contributed by atoms with Gasteiger partial charge in [0.05, 0.1) is 11.3 Å². The molecule has 7 heteroatoms. The lowest BCUT2D eigenvalue weighted by Gasteiger charge is -2.10. The van der Waals surface area contributed by atoms with Gasteiger partial charge in [0.1, 0.15) is 12.4 Å². The maximum Gasteiger partial charge on any atom is 0.259 e. The number of hydrogen-bond acceptors (Lipinski definition) is 4. The van der Waals surface area contributed by atoms with Gasteiger partial charge in [-0.2, -0.15) is 5.10 Å². The van der Waals surface area contributed by atoms with Gasteiger partial charge in [0.2, 0.25) is 0 Å². The van der Waals surface area contributed by atoms with Crippen molar-refractivity contribution in [1.82, 2.24) is 15.1 Å². The molecule has 2 heterocycles. The molecule has 1 aromatic carbocycles. The third-order valence-electron chi connectivity index (χ3n) is 3.91. The number of benzene rings is 1. The molecule has 1 aliphatic rings. The minimum atomic E-state index is -0.134. The number of anilines is 1. The number of halogens is 1. The Bertz CT molecular complexity index is 727. The van der Waals surface area contributed by atoms with Crippen LogP contribution in [0.4, 0.5) is 5.69 Å². The summed E-state index contributed by atoms with van der Waals surface area (Å²) >= 11 is 0. The average molecular weight is 337 g/mol. The van der Waals surface area contributed by atoms with Crippen LogP contribution < -0.4 is 15.4 Å². The van der Waals surface area contributed by atoms with E-state index in [0.29, 0.717) is 12.2 Å². The van der Waals surface area contributed by atoms with E-state index in [1.165, 1.54) is 0 Å². The largest absolute Gasteiger partial charge is 0.492 e. The van der Waals surface area contributed by atoms with Crippen LogP contribution in [-0.4, -0.2) is 28.8 Å². The molecule has 0 spiro atoms. The summed E-state index contributed by atoms with van der Waals surface area (Å²) in [5, 5.41) is 10.5. The minimum absolute atomic E-state index is 0. The number of hydrogen-bond donors (Lipinski definition) is 2. The highest BCUT2D eigenvalue weighted by atomic mass is 35.5. The zero-order valence-corrected chi connectivity index (χ0v) is 14.3. The molecule has 0 unspecified atom stereocenters. The van der Waals surface area contributed by atoms with Crippen LogP contribution in [-0.2, 0) is 13.6 Å². The fraction of sp³-hybridized carbons (Fsp3) is 0.375. The van der Waals surface area contributed by atoms with Gasteiger partial charge < -0.3 is 15.4 Å². The van der Waals surface area contributed by atoms with E-state index in [2.05, 4.69) is 15.7 Å². The lowest BCUT2D eigenvalue weighted by atomic mass is 10.1. The molecule has 124 valence electrons. The first-order chi connectivity index (χ1) is 10.6. The quantitative estimate of drug-likeness (QED) is 0.882. The van der Waals surface area contributed by atoms with E-state index < -0.39 is 0 Å². The Hall–Kier alpha value is -2.05. The van der Waals surface area contributed by atoms with E-state index >= 15 is 0 Å². The SMILES string of the molecule is Cc1nn(C)c(C)c1C(=O)Nc1ccc2c(c1)CNCCO2.Cl. The number of amides is 1. The van der Waals surface area contributed by atoms with Gasteiger partial charge in [0, 0.05) is 37.1 Å². The highest BCUT2D eigenvalue weighted by Gasteiger charge is 2.18. The second kappa shape index (κ2) is 7.02. The van der Waals surface area contributed by atoms with Crippen molar-refractivity contribution < 1.29 is 9.53 Å². The molecule has 0 saturated carbocycles. The average Bonchev–Trinajstić information content (AvgIpc) is 2.66. The Balaban J connectivity index is 0.00000192. The summed E-state index contributed by atoms with van der Waals surface area (Å²) in [6, 6.07) is 5.72. The summed E-state index contributed by atoms with van der Waals surface area (Å²) in [4.78, 5) is 12.5. The molecule has 3 rings (SSSR count). The van der Waals surface area contributed by atoms with Crippen LogP contribution in [0.1, 0.15) is 27.3 Å². The molecule has 0 radical (unpaired) electrons. The molecule has 23 heavy (non-hydrogen) atoms. The molecule has 0 fully saturated rings. The van der Waals surface area contributed by atoms with E-state index in [-0.39, 0.29) is 18.3 Å². The number of rotatable bonds is 2. The molecule has 1 aromatic heterocycles. The fourth-order valence-corrected chi connectivity index (χ4v) is 2.69. The molecule has 0 atom stereocenters. The summed E-state index contributed by atoms with van der Waals surface area (Å²) in [5.41, 5.74) is 4.03. The smallest absolute Gasteiger partial charge is 0.259 e. The minimum Gasteiger partial charge on any atom is -0.492 e. The molecule has 1 amide bonds. The monoisotopic (exact) mass is 336 g/mol. The van der Waals surface area contributed by atoms with Gasteiger partial charge in [-0.1, -0.05) is 0 Å². The predicted molar refractivity (Wildman–Crippen MR) is 91.5 cm³/mol. The first kappa shape index (κ1) is 17.3. The molecule has 0 saturated heterocycles. The molecule has 0 bridgehead atoms.